The maximum absolute atomic E-state index is 13.6. The van der Waals surface area contributed by atoms with Gasteiger partial charge in [-0.25, -0.2) is 4.98 Å². The average molecular weight is 461 g/mol. The second kappa shape index (κ2) is 10.4. The van der Waals surface area contributed by atoms with Gasteiger partial charge in [0.15, 0.2) is 0 Å². The Morgan fingerprint density at radius 1 is 0.939 bits per heavy atom. The van der Waals surface area contributed by atoms with E-state index in [4.69, 9.17) is 9.47 Å². The smallest absolute Gasteiger partial charge is 0.421 e. The number of hydrogen-bond donors (Lipinski definition) is 2. The number of nitrogens with one attached hydrogen (secondary N) is 2. The lowest BCUT2D eigenvalue weighted by Gasteiger charge is -2.17. The molecule has 0 saturated carbocycles. The van der Waals surface area contributed by atoms with Crippen molar-refractivity contribution in [3.8, 4) is 11.5 Å². The van der Waals surface area contributed by atoms with Gasteiger partial charge < -0.3 is 20.1 Å². The van der Waals surface area contributed by atoms with Crippen LogP contribution in [-0.4, -0.2) is 22.7 Å². The summed E-state index contributed by atoms with van der Waals surface area (Å²) in [5, 5.41) is 5.70. The summed E-state index contributed by atoms with van der Waals surface area (Å²) in [6, 6.07) is 13.8. The Balaban J connectivity index is 1.87. The van der Waals surface area contributed by atoms with E-state index in [0.717, 1.165) is 6.20 Å². The molecule has 33 heavy (non-hydrogen) atoms. The molecule has 0 aliphatic heterocycles. The van der Waals surface area contributed by atoms with Crippen molar-refractivity contribution in [3.05, 3.63) is 60.3 Å². The van der Waals surface area contributed by atoms with Crippen molar-refractivity contribution in [1.29, 1.82) is 0 Å². The first-order valence-electron chi connectivity index (χ1n) is 10.6. The molecule has 3 rings (SSSR count). The van der Waals surface area contributed by atoms with Crippen molar-refractivity contribution in [1.82, 2.24) is 9.97 Å². The van der Waals surface area contributed by atoms with Gasteiger partial charge in [0.25, 0.3) is 0 Å². The van der Waals surface area contributed by atoms with Crippen LogP contribution in [0.2, 0.25) is 0 Å². The van der Waals surface area contributed by atoms with Crippen LogP contribution >= 0.6 is 0 Å². The Hall–Kier alpha value is -3.49. The number of para-hydroxylation sites is 2. The molecule has 0 aliphatic carbocycles. The van der Waals surface area contributed by atoms with E-state index in [1.54, 1.807) is 48.5 Å². The lowest BCUT2D eigenvalue weighted by Crippen LogP contribution is -2.13. The van der Waals surface area contributed by atoms with Crippen LogP contribution in [0.5, 0.6) is 11.5 Å². The number of hydrogen-bond acceptors (Lipinski definition) is 6. The van der Waals surface area contributed by atoms with Gasteiger partial charge in [0, 0.05) is 11.9 Å². The summed E-state index contributed by atoms with van der Waals surface area (Å²) in [5.41, 5.74) is 0.00774. The van der Waals surface area contributed by atoms with E-state index >= 15 is 0 Å². The van der Waals surface area contributed by atoms with Crippen LogP contribution in [0.25, 0.3) is 0 Å². The summed E-state index contributed by atoms with van der Waals surface area (Å²) in [6.07, 6.45) is -3.85. The molecule has 0 bridgehead atoms. The molecule has 0 fully saturated rings. The van der Waals surface area contributed by atoms with Crippen LogP contribution in [0.1, 0.15) is 33.3 Å². The number of nitrogens with zero attached hydrogens (tertiary/aromatic N) is 2. The monoisotopic (exact) mass is 460 g/mol. The summed E-state index contributed by atoms with van der Waals surface area (Å²) in [6.45, 7) is 8.24. The van der Waals surface area contributed by atoms with Crippen LogP contribution in [0.15, 0.2) is 54.7 Å². The van der Waals surface area contributed by atoms with E-state index in [1.807, 2.05) is 27.7 Å². The molecule has 0 aliphatic rings. The molecule has 0 unspecified atom stereocenters. The van der Waals surface area contributed by atoms with E-state index in [9.17, 15) is 13.2 Å². The Kier molecular flexibility index (Phi) is 7.63. The summed E-state index contributed by atoms with van der Waals surface area (Å²) in [7, 11) is 0. The second-order valence-corrected chi connectivity index (χ2v) is 8.10. The maximum Gasteiger partial charge on any atom is 0.421 e. The predicted molar refractivity (Wildman–Crippen MR) is 123 cm³/mol. The first-order valence-corrected chi connectivity index (χ1v) is 10.6. The van der Waals surface area contributed by atoms with Crippen LogP contribution in [0, 0.1) is 5.92 Å². The zero-order valence-electron chi connectivity index (χ0n) is 18.9. The van der Waals surface area contributed by atoms with E-state index in [1.165, 1.54) is 0 Å². The van der Waals surface area contributed by atoms with Gasteiger partial charge in [-0.05, 0) is 56.2 Å². The van der Waals surface area contributed by atoms with Crippen molar-refractivity contribution in [2.24, 2.45) is 5.92 Å². The fraction of sp³-hybridized carbons (Fsp3) is 0.333. The molecular formula is C24H27F3N4O2. The highest BCUT2D eigenvalue weighted by atomic mass is 19.4. The molecule has 1 heterocycles. The third-order valence-electron chi connectivity index (χ3n) is 4.29. The molecular weight excluding hydrogens is 433 g/mol. The Labute approximate surface area is 191 Å². The number of benzene rings is 2. The van der Waals surface area contributed by atoms with Crippen LogP contribution in [-0.2, 0) is 6.18 Å². The highest BCUT2D eigenvalue weighted by molar-refractivity contribution is 5.67. The number of halogens is 3. The Morgan fingerprint density at radius 2 is 1.64 bits per heavy atom. The SMILES string of the molecule is CC(C)COc1ccccc1Nc1nc(Nc2ccc(OC(C)C)cc2)ncc1C(F)(F)F. The van der Waals surface area contributed by atoms with Crippen molar-refractivity contribution >= 4 is 23.1 Å². The molecule has 1 aromatic heterocycles. The van der Waals surface area contributed by atoms with Gasteiger partial charge in [-0.3, -0.25) is 0 Å². The largest absolute Gasteiger partial charge is 0.491 e. The minimum atomic E-state index is -4.63. The van der Waals surface area contributed by atoms with Crippen molar-refractivity contribution in [2.75, 3.05) is 17.2 Å². The van der Waals surface area contributed by atoms with E-state index in [-0.39, 0.29) is 23.8 Å². The fourth-order valence-electron chi connectivity index (χ4n) is 2.84. The average Bonchev–Trinajstić information content (AvgIpc) is 2.73. The summed E-state index contributed by atoms with van der Waals surface area (Å²) in [4.78, 5) is 7.95. The summed E-state index contributed by atoms with van der Waals surface area (Å²) < 4.78 is 52.2. The van der Waals surface area contributed by atoms with Gasteiger partial charge in [-0.1, -0.05) is 26.0 Å². The van der Waals surface area contributed by atoms with Gasteiger partial charge in [0.05, 0.1) is 18.4 Å². The van der Waals surface area contributed by atoms with Crippen LogP contribution < -0.4 is 20.1 Å². The molecule has 3 aromatic rings. The minimum Gasteiger partial charge on any atom is -0.491 e. The highest BCUT2D eigenvalue weighted by Crippen LogP contribution is 2.37. The fourth-order valence-corrected chi connectivity index (χ4v) is 2.84. The van der Waals surface area contributed by atoms with Gasteiger partial charge >= 0.3 is 6.18 Å². The van der Waals surface area contributed by atoms with Crippen LogP contribution in [0.3, 0.4) is 0 Å². The number of anilines is 4. The third-order valence-corrected chi connectivity index (χ3v) is 4.29. The standard InChI is InChI=1S/C24H27F3N4O2/c1-15(2)14-32-21-8-6-5-7-20(21)30-22-19(24(25,26)27)13-28-23(31-22)29-17-9-11-18(12-10-17)33-16(3)4/h5-13,15-16H,14H2,1-4H3,(H2,28,29,30,31). The second-order valence-electron chi connectivity index (χ2n) is 8.10. The quantitative estimate of drug-likeness (QED) is 0.366. The van der Waals surface area contributed by atoms with Crippen LogP contribution in [0.4, 0.5) is 36.3 Å². The number of aromatic nitrogens is 2. The first-order chi connectivity index (χ1) is 15.6. The molecule has 0 saturated heterocycles. The number of ether oxygens (including phenoxy) is 2. The van der Waals surface area contributed by atoms with Gasteiger partial charge in [0.1, 0.15) is 22.9 Å². The third kappa shape index (κ3) is 7.00. The molecule has 9 heteroatoms. The molecule has 2 aromatic carbocycles. The van der Waals surface area contributed by atoms with Gasteiger partial charge in [-0.2, -0.15) is 18.2 Å². The van der Waals surface area contributed by atoms with Gasteiger partial charge in [0.2, 0.25) is 5.95 Å². The Bertz CT molecular complexity index is 1050. The first kappa shape index (κ1) is 24.2. The van der Waals surface area contributed by atoms with E-state index < -0.39 is 11.7 Å². The summed E-state index contributed by atoms with van der Waals surface area (Å²) >= 11 is 0. The Morgan fingerprint density at radius 3 is 2.27 bits per heavy atom. The topological polar surface area (TPSA) is 68.3 Å². The predicted octanol–water partition coefficient (Wildman–Crippen LogP) is 6.80. The lowest BCUT2D eigenvalue weighted by atomic mass is 10.2. The zero-order valence-corrected chi connectivity index (χ0v) is 18.9. The molecule has 0 spiro atoms. The normalized spacial score (nSPS) is 11.5. The molecule has 0 radical (unpaired) electrons. The van der Waals surface area contributed by atoms with Crippen molar-refractivity contribution < 1.29 is 22.6 Å². The zero-order chi connectivity index (χ0) is 24.0. The molecule has 6 nitrogen and oxygen atoms in total. The van der Waals surface area contributed by atoms with E-state index in [0.29, 0.717) is 29.5 Å². The molecule has 2 N–H and O–H groups in total. The van der Waals surface area contributed by atoms with Crippen molar-refractivity contribution in [2.45, 2.75) is 40.0 Å². The minimum absolute atomic E-state index is 0.0172. The van der Waals surface area contributed by atoms with Crippen molar-refractivity contribution in [3.63, 3.8) is 0 Å². The number of alkyl halides is 3. The molecule has 176 valence electrons. The van der Waals surface area contributed by atoms with Gasteiger partial charge in [-0.15, -0.1) is 0 Å². The molecule has 0 amide bonds. The number of rotatable bonds is 9. The maximum atomic E-state index is 13.6. The van der Waals surface area contributed by atoms with E-state index in [2.05, 4.69) is 20.6 Å². The summed E-state index contributed by atoms with van der Waals surface area (Å²) in [5.74, 6) is 1.03. The highest BCUT2D eigenvalue weighted by Gasteiger charge is 2.35. The lowest BCUT2D eigenvalue weighted by molar-refractivity contribution is -0.137. The molecule has 0 atom stereocenters.